The summed E-state index contributed by atoms with van der Waals surface area (Å²) in [5, 5.41) is 0. The normalized spacial score (nSPS) is 23.2. The van der Waals surface area contributed by atoms with E-state index in [0.29, 0.717) is 11.3 Å². The molecular weight excluding hydrogens is 320 g/mol. The van der Waals surface area contributed by atoms with Crippen molar-refractivity contribution in [2.45, 2.75) is 38.0 Å². The Labute approximate surface area is 137 Å². The molecule has 0 amide bonds. The monoisotopic (exact) mass is 338 g/mol. The van der Waals surface area contributed by atoms with Crippen molar-refractivity contribution >= 4 is 5.69 Å². The fraction of sp³-hybridized carbons (Fsp3) is 0.389. The molecule has 128 valence electrons. The van der Waals surface area contributed by atoms with E-state index in [1.165, 1.54) is 12.3 Å². The summed E-state index contributed by atoms with van der Waals surface area (Å²) in [6.07, 6.45) is 1.28. The van der Waals surface area contributed by atoms with E-state index in [0.717, 1.165) is 18.2 Å². The van der Waals surface area contributed by atoms with Crippen LogP contribution in [0, 0.1) is 17.6 Å². The first-order valence-electron chi connectivity index (χ1n) is 7.86. The highest BCUT2D eigenvalue weighted by molar-refractivity contribution is 5.78. The van der Waals surface area contributed by atoms with Crippen molar-refractivity contribution in [3.63, 3.8) is 0 Å². The summed E-state index contributed by atoms with van der Waals surface area (Å²) in [7, 11) is 0. The maximum absolute atomic E-state index is 14.0. The van der Waals surface area contributed by atoms with Crippen molar-refractivity contribution in [3.05, 3.63) is 47.8 Å². The first-order valence-corrected chi connectivity index (χ1v) is 7.86. The molecule has 2 N–H and O–H groups in total. The van der Waals surface area contributed by atoms with Crippen molar-refractivity contribution in [2.75, 3.05) is 5.73 Å². The fourth-order valence-electron chi connectivity index (χ4n) is 3.50. The molecule has 1 unspecified atom stereocenters. The van der Waals surface area contributed by atoms with Crippen molar-refractivity contribution in [3.8, 4) is 11.1 Å². The second kappa shape index (κ2) is 6.07. The third-order valence-electron chi connectivity index (χ3n) is 4.72. The van der Waals surface area contributed by atoms with E-state index in [1.807, 2.05) is 0 Å². The molecule has 2 aromatic rings. The molecule has 2 nitrogen and oxygen atoms in total. The maximum atomic E-state index is 14.0. The van der Waals surface area contributed by atoms with E-state index < -0.39 is 17.6 Å². The summed E-state index contributed by atoms with van der Waals surface area (Å²) in [6, 6.07) is 4.65. The Morgan fingerprint density at radius 3 is 2.62 bits per heavy atom. The zero-order valence-electron chi connectivity index (χ0n) is 13.2. The van der Waals surface area contributed by atoms with Crippen molar-refractivity contribution in [1.82, 2.24) is 4.98 Å². The van der Waals surface area contributed by atoms with E-state index in [2.05, 4.69) is 4.98 Å². The summed E-state index contributed by atoms with van der Waals surface area (Å²) in [5.74, 6) is -4.35. The van der Waals surface area contributed by atoms with Gasteiger partial charge in [-0.05, 0) is 36.6 Å². The molecular formula is C18H18F4N2. The number of pyridine rings is 1. The Balaban J connectivity index is 2.02. The Morgan fingerprint density at radius 1 is 1.17 bits per heavy atom. The SMILES string of the molecule is CC1CC(F)(F)CC[C@@H]1c1nccc(-c2cc(F)ccc2F)c1N. The predicted octanol–water partition coefficient (Wildman–Crippen LogP) is 5.15. The lowest BCUT2D eigenvalue weighted by Gasteiger charge is -2.34. The lowest BCUT2D eigenvalue weighted by molar-refractivity contribution is -0.0558. The van der Waals surface area contributed by atoms with Gasteiger partial charge < -0.3 is 5.73 Å². The highest BCUT2D eigenvalue weighted by Gasteiger charge is 2.41. The average molecular weight is 338 g/mol. The molecule has 1 aromatic heterocycles. The Kier molecular flexibility index (Phi) is 4.24. The van der Waals surface area contributed by atoms with Crippen LogP contribution >= 0.6 is 0 Å². The van der Waals surface area contributed by atoms with Crippen molar-refractivity contribution in [1.29, 1.82) is 0 Å². The first kappa shape index (κ1) is 16.7. The molecule has 1 aliphatic rings. The van der Waals surface area contributed by atoms with Gasteiger partial charge in [-0.3, -0.25) is 4.98 Å². The van der Waals surface area contributed by atoms with E-state index in [9.17, 15) is 17.6 Å². The van der Waals surface area contributed by atoms with Crippen LogP contribution in [0.4, 0.5) is 23.2 Å². The number of halogens is 4. The van der Waals surface area contributed by atoms with Gasteiger partial charge in [0.15, 0.2) is 0 Å². The second-order valence-electron chi connectivity index (χ2n) is 6.46. The van der Waals surface area contributed by atoms with Gasteiger partial charge in [0.05, 0.1) is 11.4 Å². The second-order valence-corrected chi connectivity index (χ2v) is 6.46. The number of nitrogens with two attached hydrogens (primary N) is 1. The molecule has 1 heterocycles. The zero-order valence-corrected chi connectivity index (χ0v) is 13.2. The quantitative estimate of drug-likeness (QED) is 0.769. The third-order valence-corrected chi connectivity index (χ3v) is 4.72. The number of benzene rings is 1. The number of anilines is 1. The minimum absolute atomic E-state index is 0.0462. The lowest BCUT2D eigenvalue weighted by Crippen LogP contribution is -2.30. The number of aromatic nitrogens is 1. The number of nitrogens with zero attached hydrogens (tertiary/aromatic N) is 1. The molecule has 2 atom stereocenters. The third kappa shape index (κ3) is 3.09. The van der Waals surface area contributed by atoms with Crippen LogP contribution in [0.2, 0.25) is 0 Å². The van der Waals surface area contributed by atoms with E-state index >= 15 is 0 Å². The summed E-state index contributed by atoms with van der Waals surface area (Å²) in [5.41, 5.74) is 7.25. The number of hydrogen-bond donors (Lipinski definition) is 1. The Morgan fingerprint density at radius 2 is 1.92 bits per heavy atom. The molecule has 1 saturated carbocycles. The smallest absolute Gasteiger partial charge is 0.248 e. The van der Waals surface area contributed by atoms with Gasteiger partial charge in [0.1, 0.15) is 11.6 Å². The highest BCUT2D eigenvalue weighted by atomic mass is 19.3. The molecule has 0 radical (unpaired) electrons. The fourth-order valence-corrected chi connectivity index (χ4v) is 3.50. The summed E-state index contributed by atoms with van der Waals surface area (Å²) < 4.78 is 54.6. The van der Waals surface area contributed by atoms with Gasteiger partial charge in [0.25, 0.3) is 0 Å². The summed E-state index contributed by atoms with van der Waals surface area (Å²) >= 11 is 0. The van der Waals surface area contributed by atoms with Crippen LogP contribution in [0.5, 0.6) is 0 Å². The molecule has 0 bridgehead atoms. The van der Waals surface area contributed by atoms with Crippen molar-refractivity contribution in [2.24, 2.45) is 5.92 Å². The largest absolute Gasteiger partial charge is 0.397 e. The molecule has 0 saturated heterocycles. The van der Waals surface area contributed by atoms with Crippen molar-refractivity contribution < 1.29 is 17.6 Å². The molecule has 24 heavy (non-hydrogen) atoms. The number of nitrogen functional groups attached to an aromatic ring is 1. The van der Waals surface area contributed by atoms with Gasteiger partial charge >= 0.3 is 0 Å². The minimum atomic E-state index is -2.67. The topological polar surface area (TPSA) is 38.9 Å². The molecule has 0 spiro atoms. The molecule has 6 heteroatoms. The summed E-state index contributed by atoms with van der Waals surface area (Å²) in [4.78, 5) is 4.25. The van der Waals surface area contributed by atoms with Crippen LogP contribution in [0.3, 0.4) is 0 Å². The Hall–Kier alpha value is -2.11. The minimum Gasteiger partial charge on any atom is -0.397 e. The van der Waals surface area contributed by atoms with Crippen LogP contribution in [0.1, 0.15) is 37.8 Å². The van der Waals surface area contributed by atoms with Gasteiger partial charge in [-0.15, -0.1) is 0 Å². The van der Waals surface area contributed by atoms with Crippen LogP contribution in [0.15, 0.2) is 30.5 Å². The number of alkyl halides is 2. The van der Waals surface area contributed by atoms with E-state index in [-0.39, 0.29) is 42.3 Å². The lowest BCUT2D eigenvalue weighted by atomic mass is 9.76. The zero-order chi connectivity index (χ0) is 17.5. The molecule has 1 fully saturated rings. The first-order chi connectivity index (χ1) is 11.3. The average Bonchev–Trinajstić information content (AvgIpc) is 2.50. The highest BCUT2D eigenvalue weighted by Crippen LogP contribution is 2.46. The van der Waals surface area contributed by atoms with Crippen LogP contribution in [0.25, 0.3) is 11.1 Å². The van der Waals surface area contributed by atoms with Gasteiger partial charge in [0, 0.05) is 36.1 Å². The summed E-state index contributed by atoms with van der Waals surface area (Å²) in [6.45, 7) is 1.74. The molecule has 0 aliphatic heterocycles. The van der Waals surface area contributed by atoms with E-state index in [4.69, 9.17) is 5.73 Å². The number of hydrogen-bond acceptors (Lipinski definition) is 2. The Bertz CT molecular complexity index is 761. The van der Waals surface area contributed by atoms with Gasteiger partial charge in [0.2, 0.25) is 5.92 Å². The maximum Gasteiger partial charge on any atom is 0.248 e. The predicted molar refractivity (Wildman–Crippen MR) is 84.7 cm³/mol. The standard InChI is InChI=1S/C18H18F4N2/c1-10-9-18(21,22)6-4-12(10)17-16(23)13(5-7-24-17)14-8-11(19)2-3-15(14)20/h2-3,5,7-8,10,12H,4,6,9,23H2,1H3/t10?,12-/m0/s1. The van der Waals surface area contributed by atoms with Crippen LogP contribution < -0.4 is 5.73 Å². The number of rotatable bonds is 2. The molecule has 1 aliphatic carbocycles. The van der Waals surface area contributed by atoms with E-state index in [1.54, 1.807) is 6.92 Å². The van der Waals surface area contributed by atoms with Gasteiger partial charge in [-0.2, -0.15) is 0 Å². The molecule has 3 rings (SSSR count). The molecule has 1 aromatic carbocycles. The van der Waals surface area contributed by atoms with Crippen LogP contribution in [-0.4, -0.2) is 10.9 Å². The van der Waals surface area contributed by atoms with Gasteiger partial charge in [-0.1, -0.05) is 6.92 Å². The van der Waals surface area contributed by atoms with Crippen LogP contribution in [-0.2, 0) is 0 Å². The van der Waals surface area contributed by atoms with Gasteiger partial charge in [-0.25, -0.2) is 17.6 Å².